The zero-order chi connectivity index (χ0) is 9.61. The van der Waals surface area contributed by atoms with Crippen LogP contribution in [0.5, 0.6) is 0 Å². The van der Waals surface area contributed by atoms with E-state index in [1.54, 1.807) is 0 Å². The lowest BCUT2D eigenvalue weighted by molar-refractivity contribution is 0.569. The van der Waals surface area contributed by atoms with Gasteiger partial charge in [0.25, 0.3) is 0 Å². The molecule has 0 spiro atoms. The van der Waals surface area contributed by atoms with Crippen LogP contribution in [0.3, 0.4) is 0 Å². The predicted octanol–water partition coefficient (Wildman–Crippen LogP) is 3.17. The second kappa shape index (κ2) is 6.31. The van der Waals surface area contributed by atoms with Crippen LogP contribution in [0.4, 0.5) is 0 Å². The maximum atomic E-state index is 12.0. The molecule has 0 heterocycles. The Bertz CT molecular complexity index is 155. The molecule has 0 fully saturated rings. The zero-order valence-electron chi connectivity index (χ0n) is 7.84. The molecule has 0 bridgehead atoms. The van der Waals surface area contributed by atoms with Crippen LogP contribution in [-0.4, -0.2) is 23.8 Å². The second-order valence-corrected chi connectivity index (χ2v) is 8.60. The van der Waals surface area contributed by atoms with Crippen molar-refractivity contribution in [3.05, 3.63) is 0 Å². The summed E-state index contributed by atoms with van der Waals surface area (Å²) in [4.78, 5) is 0. The van der Waals surface area contributed by atoms with Crippen LogP contribution in [0, 0.1) is 0 Å². The topological polar surface area (TPSA) is 29.1 Å². The summed E-state index contributed by atoms with van der Waals surface area (Å²) < 4.78 is 12.0. The average molecular weight is 230 g/mol. The molecule has 0 amide bonds. The third-order valence-corrected chi connectivity index (χ3v) is 6.91. The Balaban J connectivity index is 4.08. The van der Waals surface area contributed by atoms with Gasteiger partial charge in [-0.1, -0.05) is 18.3 Å². The molecule has 1 N–H and O–H groups in total. The number of nitrogens with one attached hydrogen (secondary N) is 1. The zero-order valence-corrected chi connectivity index (χ0v) is 10.3. The monoisotopic (exact) mass is 229 g/mol. The van der Waals surface area contributed by atoms with Crippen molar-refractivity contribution in [2.24, 2.45) is 0 Å². The molecule has 0 saturated carbocycles. The van der Waals surface area contributed by atoms with E-state index in [-0.39, 0.29) is 6.04 Å². The first-order valence-electron chi connectivity index (χ1n) is 4.11. The molecule has 74 valence electrons. The van der Waals surface area contributed by atoms with E-state index < -0.39 is 6.49 Å². The van der Waals surface area contributed by atoms with Crippen LogP contribution in [0.15, 0.2) is 0 Å². The number of halogens is 1. The van der Waals surface area contributed by atoms with Gasteiger partial charge in [-0.15, -0.1) is 11.6 Å². The van der Waals surface area contributed by atoms with E-state index in [0.717, 1.165) is 5.75 Å². The van der Waals surface area contributed by atoms with Gasteiger partial charge in [-0.25, -0.2) is 0 Å². The summed E-state index contributed by atoms with van der Waals surface area (Å²) in [7, 11) is 0. The summed E-state index contributed by atoms with van der Waals surface area (Å²) in [5, 5.41) is 3.09. The number of hydrogen-bond donors (Lipinski definition) is 1. The van der Waals surface area contributed by atoms with Crippen molar-refractivity contribution >= 4 is 29.5 Å². The molecule has 5 heteroatoms. The Kier molecular flexibility index (Phi) is 6.75. The second-order valence-electron chi connectivity index (χ2n) is 2.79. The van der Waals surface area contributed by atoms with Crippen molar-refractivity contribution in [3.8, 4) is 0 Å². The first-order chi connectivity index (χ1) is 5.54. The van der Waals surface area contributed by atoms with Crippen molar-refractivity contribution in [2.45, 2.75) is 26.8 Å². The highest BCUT2D eigenvalue weighted by Crippen LogP contribution is 2.54. The minimum Gasteiger partial charge on any atom is -0.295 e. The molecule has 1 unspecified atom stereocenters. The van der Waals surface area contributed by atoms with E-state index in [1.165, 1.54) is 11.4 Å². The minimum atomic E-state index is -2.24. The third kappa shape index (κ3) is 5.47. The first kappa shape index (κ1) is 12.8. The van der Waals surface area contributed by atoms with Crippen LogP contribution >= 0.6 is 29.5 Å². The number of alkyl halides is 1. The molecular weight excluding hydrogens is 213 g/mol. The van der Waals surface area contributed by atoms with E-state index in [0.29, 0.717) is 12.0 Å². The highest BCUT2D eigenvalue weighted by Gasteiger charge is 2.21. The van der Waals surface area contributed by atoms with Gasteiger partial charge >= 0.3 is 0 Å². The SMILES string of the molecule is CCSP(=O)(CCCl)NC(C)C. The van der Waals surface area contributed by atoms with Gasteiger partial charge in [0.1, 0.15) is 0 Å². The van der Waals surface area contributed by atoms with E-state index in [2.05, 4.69) is 5.09 Å². The Labute approximate surface area is 84.0 Å². The fourth-order valence-corrected chi connectivity index (χ4v) is 6.42. The van der Waals surface area contributed by atoms with Crippen molar-refractivity contribution in [1.29, 1.82) is 0 Å². The number of hydrogen-bond acceptors (Lipinski definition) is 2. The molecule has 0 radical (unpaired) electrons. The lowest BCUT2D eigenvalue weighted by Crippen LogP contribution is -2.20. The summed E-state index contributed by atoms with van der Waals surface area (Å²) in [5.74, 6) is 1.33. The van der Waals surface area contributed by atoms with Crippen molar-refractivity contribution < 1.29 is 4.57 Å². The van der Waals surface area contributed by atoms with E-state index in [1.807, 2.05) is 20.8 Å². The molecule has 0 aliphatic carbocycles. The number of rotatable bonds is 6. The van der Waals surface area contributed by atoms with Gasteiger partial charge in [-0.2, -0.15) is 0 Å². The summed E-state index contributed by atoms with van der Waals surface area (Å²) in [5.41, 5.74) is 0. The van der Waals surface area contributed by atoms with Gasteiger partial charge in [-0.3, -0.25) is 9.65 Å². The fraction of sp³-hybridized carbons (Fsp3) is 1.00. The van der Waals surface area contributed by atoms with Crippen molar-refractivity contribution in [2.75, 3.05) is 17.8 Å². The van der Waals surface area contributed by atoms with Gasteiger partial charge in [-0.05, 0) is 19.6 Å². The summed E-state index contributed by atoms with van der Waals surface area (Å²) >= 11 is 7.07. The smallest absolute Gasteiger partial charge is 0.202 e. The molecule has 0 aliphatic rings. The summed E-state index contributed by atoms with van der Waals surface area (Å²) in [6.45, 7) is 3.76. The van der Waals surface area contributed by atoms with Crippen LogP contribution in [0.2, 0.25) is 0 Å². The average Bonchev–Trinajstić information content (AvgIpc) is 1.85. The molecular formula is C7H17ClNOPS. The van der Waals surface area contributed by atoms with Gasteiger partial charge < -0.3 is 0 Å². The Morgan fingerprint density at radius 2 is 2.17 bits per heavy atom. The van der Waals surface area contributed by atoms with Crippen LogP contribution in [-0.2, 0) is 4.57 Å². The molecule has 0 aromatic heterocycles. The Morgan fingerprint density at radius 1 is 1.58 bits per heavy atom. The van der Waals surface area contributed by atoms with Gasteiger partial charge in [0, 0.05) is 18.1 Å². The largest absolute Gasteiger partial charge is 0.295 e. The van der Waals surface area contributed by atoms with Gasteiger partial charge in [0.2, 0.25) is 6.49 Å². The van der Waals surface area contributed by atoms with Crippen LogP contribution < -0.4 is 5.09 Å². The maximum Gasteiger partial charge on any atom is 0.202 e. The molecule has 0 aliphatic heterocycles. The van der Waals surface area contributed by atoms with Gasteiger partial charge in [0.05, 0.1) is 0 Å². The fourth-order valence-electron chi connectivity index (χ4n) is 0.880. The van der Waals surface area contributed by atoms with Gasteiger partial charge in [0.15, 0.2) is 0 Å². The van der Waals surface area contributed by atoms with Crippen molar-refractivity contribution in [3.63, 3.8) is 0 Å². The Morgan fingerprint density at radius 3 is 2.50 bits per heavy atom. The predicted molar refractivity (Wildman–Crippen MR) is 59.6 cm³/mol. The van der Waals surface area contributed by atoms with E-state index in [9.17, 15) is 4.57 Å². The minimum absolute atomic E-state index is 0.262. The molecule has 0 aromatic carbocycles. The van der Waals surface area contributed by atoms with E-state index >= 15 is 0 Å². The summed E-state index contributed by atoms with van der Waals surface area (Å²) in [6.07, 6.45) is 0.575. The highest BCUT2D eigenvalue weighted by atomic mass is 35.5. The third-order valence-electron chi connectivity index (χ3n) is 1.17. The lowest BCUT2D eigenvalue weighted by Gasteiger charge is -2.19. The van der Waals surface area contributed by atoms with Crippen LogP contribution in [0.25, 0.3) is 0 Å². The molecule has 0 rings (SSSR count). The molecule has 1 atom stereocenters. The van der Waals surface area contributed by atoms with E-state index in [4.69, 9.17) is 11.6 Å². The summed E-state index contributed by atoms with van der Waals surface area (Å²) in [6, 6.07) is 0.262. The molecule has 0 aromatic rings. The lowest BCUT2D eigenvalue weighted by atomic mass is 10.4. The quantitative estimate of drug-likeness (QED) is 0.560. The molecule has 12 heavy (non-hydrogen) atoms. The van der Waals surface area contributed by atoms with Crippen molar-refractivity contribution in [1.82, 2.24) is 5.09 Å². The standard InChI is InChI=1S/C7H17ClNOPS/c1-4-12-11(10,6-5-8)9-7(2)3/h7H,4-6H2,1-3H3,(H,9,10). The normalized spacial score (nSPS) is 16.4. The first-order valence-corrected chi connectivity index (χ1v) is 8.13. The molecule has 2 nitrogen and oxygen atoms in total. The maximum absolute atomic E-state index is 12.0. The molecule has 0 saturated heterocycles. The van der Waals surface area contributed by atoms with Crippen LogP contribution in [0.1, 0.15) is 20.8 Å². The Hall–Kier alpha value is 0.830. The highest BCUT2D eigenvalue weighted by molar-refractivity contribution is 8.57.